The van der Waals surface area contributed by atoms with Crippen molar-refractivity contribution in [1.82, 2.24) is 4.72 Å². The average molecular weight is 388 g/mol. The smallest absolute Gasteiger partial charge is 0.264 e. The molecule has 1 N–H and O–H groups in total. The third-order valence-electron chi connectivity index (χ3n) is 2.51. The zero-order chi connectivity index (χ0) is 16.3. The van der Waals surface area contributed by atoms with Crippen LogP contribution >= 0.6 is 15.9 Å². The molecule has 8 heteroatoms. The SMILES string of the molecule is CS(=O)(=O)NC(=O)c1ccc(Oc2ccc(Br)cc2)c(F)c1. The van der Waals surface area contributed by atoms with Gasteiger partial charge in [-0.3, -0.25) is 4.79 Å². The summed E-state index contributed by atoms with van der Waals surface area (Å²) in [7, 11) is -3.70. The van der Waals surface area contributed by atoms with Crippen molar-refractivity contribution >= 4 is 31.9 Å². The number of amides is 1. The second-order valence-corrected chi connectivity index (χ2v) is 7.07. The highest BCUT2D eigenvalue weighted by molar-refractivity contribution is 9.10. The lowest BCUT2D eigenvalue weighted by molar-refractivity contribution is 0.0981. The Labute approximate surface area is 135 Å². The fraction of sp³-hybridized carbons (Fsp3) is 0.0714. The number of carbonyl (C=O) groups is 1. The molecule has 0 bridgehead atoms. The minimum absolute atomic E-state index is 0.0711. The van der Waals surface area contributed by atoms with E-state index in [-0.39, 0.29) is 11.3 Å². The zero-order valence-electron chi connectivity index (χ0n) is 11.3. The number of nitrogens with one attached hydrogen (secondary N) is 1. The first-order chi connectivity index (χ1) is 10.2. The van der Waals surface area contributed by atoms with E-state index in [2.05, 4.69) is 15.9 Å². The first-order valence-electron chi connectivity index (χ1n) is 6.00. The molecule has 2 aromatic carbocycles. The van der Waals surface area contributed by atoms with Gasteiger partial charge in [-0.25, -0.2) is 17.5 Å². The Balaban J connectivity index is 2.19. The topological polar surface area (TPSA) is 72.5 Å². The number of halogens is 2. The second kappa shape index (κ2) is 6.45. The van der Waals surface area contributed by atoms with E-state index < -0.39 is 21.7 Å². The molecule has 0 saturated heterocycles. The minimum Gasteiger partial charge on any atom is -0.454 e. The summed E-state index contributed by atoms with van der Waals surface area (Å²) in [5, 5.41) is 0. The van der Waals surface area contributed by atoms with E-state index in [1.54, 1.807) is 29.0 Å². The predicted molar refractivity (Wildman–Crippen MR) is 82.9 cm³/mol. The largest absolute Gasteiger partial charge is 0.454 e. The minimum atomic E-state index is -3.70. The number of hydrogen-bond acceptors (Lipinski definition) is 4. The molecule has 0 saturated carbocycles. The van der Waals surface area contributed by atoms with Crippen LogP contribution in [0.2, 0.25) is 0 Å². The van der Waals surface area contributed by atoms with E-state index >= 15 is 0 Å². The molecule has 0 aliphatic carbocycles. The molecule has 22 heavy (non-hydrogen) atoms. The van der Waals surface area contributed by atoms with Gasteiger partial charge in [-0.15, -0.1) is 0 Å². The molecule has 116 valence electrons. The molecule has 0 aromatic heterocycles. The van der Waals surface area contributed by atoms with Crippen LogP contribution in [-0.4, -0.2) is 20.6 Å². The molecule has 0 heterocycles. The van der Waals surface area contributed by atoms with Gasteiger partial charge < -0.3 is 4.74 Å². The Kier molecular flexibility index (Phi) is 4.82. The summed E-state index contributed by atoms with van der Waals surface area (Å²) in [6.45, 7) is 0. The van der Waals surface area contributed by atoms with E-state index in [4.69, 9.17) is 4.74 Å². The summed E-state index contributed by atoms with van der Waals surface area (Å²) >= 11 is 3.27. The van der Waals surface area contributed by atoms with Crippen LogP contribution in [0.15, 0.2) is 46.9 Å². The maximum atomic E-state index is 13.9. The van der Waals surface area contributed by atoms with Crippen molar-refractivity contribution in [2.45, 2.75) is 0 Å². The highest BCUT2D eigenvalue weighted by atomic mass is 79.9. The van der Waals surface area contributed by atoms with Crippen LogP contribution in [0.5, 0.6) is 11.5 Å². The van der Waals surface area contributed by atoms with E-state index in [1.165, 1.54) is 12.1 Å². The van der Waals surface area contributed by atoms with Gasteiger partial charge in [0.05, 0.1) is 6.26 Å². The molecule has 2 aromatic rings. The van der Waals surface area contributed by atoms with Crippen LogP contribution < -0.4 is 9.46 Å². The van der Waals surface area contributed by atoms with Crippen molar-refractivity contribution in [2.75, 3.05) is 6.26 Å². The average Bonchev–Trinajstić information content (AvgIpc) is 2.41. The summed E-state index contributed by atoms with van der Waals surface area (Å²) in [5.41, 5.74) is -0.119. The molecule has 0 aliphatic heterocycles. The van der Waals surface area contributed by atoms with Crippen molar-refractivity contribution in [3.63, 3.8) is 0 Å². The molecule has 1 amide bonds. The summed E-state index contributed by atoms with van der Waals surface area (Å²) in [6, 6.07) is 10.2. The third-order valence-corrected chi connectivity index (χ3v) is 3.60. The van der Waals surface area contributed by atoms with E-state index in [0.29, 0.717) is 5.75 Å². The summed E-state index contributed by atoms with van der Waals surface area (Å²) in [4.78, 5) is 11.6. The lowest BCUT2D eigenvalue weighted by Crippen LogP contribution is -2.29. The molecule has 5 nitrogen and oxygen atoms in total. The number of carbonyl (C=O) groups excluding carboxylic acids is 1. The first-order valence-corrected chi connectivity index (χ1v) is 8.68. The van der Waals surface area contributed by atoms with Crippen molar-refractivity contribution in [3.05, 3.63) is 58.3 Å². The second-order valence-electron chi connectivity index (χ2n) is 4.40. The van der Waals surface area contributed by atoms with Gasteiger partial charge in [0.25, 0.3) is 5.91 Å². The predicted octanol–water partition coefficient (Wildman–Crippen LogP) is 3.07. The van der Waals surface area contributed by atoms with Crippen LogP contribution in [0, 0.1) is 5.82 Å². The molecule has 0 atom stereocenters. The third kappa shape index (κ3) is 4.54. The summed E-state index contributed by atoms with van der Waals surface area (Å²) in [6.07, 6.45) is 0.840. The van der Waals surface area contributed by atoms with Gasteiger partial charge in [-0.1, -0.05) is 15.9 Å². The lowest BCUT2D eigenvalue weighted by atomic mass is 10.2. The molecular weight excluding hydrogens is 377 g/mol. The molecule has 0 radical (unpaired) electrons. The molecule has 0 fully saturated rings. The number of benzene rings is 2. The van der Waals surface area contributed by atoms with Crippen LogP contribution in [0.3, 0.4) is 0 Å². The standard InChI is InChI=1S/C14H11BrFNO4S/c1-22(19,20)17-14(18)9-2-7-13(12(16)8-9)21-11-5-3-10(15)4-6-11/h2-8H,1H3,(H,17,18). The van der Waals surface area contributed by atoms with Crippen LogP contribution in [0.1, 0.15) is 10.4 Å². The Morgan fingerprint density at radius 1 is 1.18 bits per heavy atom. The molecule has 2 rings (SSSR count). The van der Waals surface area contributed by atoms with Gasteiger partial charge in [-0.2, -0.15) is 0 Å². The van der Waals surface area contributed by atoms with Gasteiger partial charge in [0.2, 0.25) is 10.0 Å². The Hall–Kier alpha value is -1.93. The Bertz CT molecular complexity index is 806. The van der Waals surface area contributed by atoms with Crippen molar-refractivity contribution < 1.29 is 22.3 Å². The number of sulfonamides is 1. The molecule has 0 spiro atoms. The highest BCUT2D eigenvalue weighted by Crippen LogP contribution is 2.26. The van der Waals surface area contributed by atoms with Crippen molar-refractivity contribution in [2.24, 2.45) is 0 Å². The van der Waals surface area contributed by atoms with Crippen LogP contribution in [-0.2, 0) is 10.0 Å². The highest BCUT2D eigenvalue weighted by Gasteiger charge is 2.14. The fourth-order valence-corrected chi connectivity index (χ4v) is 2.30. The molecule has 0 unspecified atom stereocenters. The lowest BCUT2D eigenvalue weighted by Gasteiger charge is -2.08. The summed E-state index contributed by atoms with van der Waals surface area (Å²) in [5.74, 6) is -1.32. The van der Waals surface area contributed by atoms with Gasteiger partial charge in [-0.05, 0) is 42.5 Å². The zero-order valence-corrected chi connectivity index (χ0v) is 13.7. The van der Waals surface area contributed by atoms with Gasteiger partial charge in [0.15, 0.2) is 11.6 Å². The first kappa shape index (κ1) is 16.4. The Morgan fingerprint density at radius 3 is 2.36 bits per heavy atom. The number of ether oxygens (including phenoxy) is 1. The number of hydrogen-bond donors (Lipinski definition) is 1. The Morgan fingerprint density at radius 2 is 1.82 bits per heavy atom. The molecule has 0 aliphatic rings. The quantitative estimate of drug-likeness (QED) is 0.874. The maximum Gasteiger partial charge on any atom is 0.264 e. The molecular formula is C14H11BrFNO4S. The van der Waals surface area contributed by atoms with Gasteiger partial charge in [0.1, 0.15) is 5.75 Å². The van der Waals surface area contributed by atoms with E-state index in [0.717, 1.165) is 16.8 Å². The van der Waals surface area contributed by atoms with Crippen molar-refractivity contribution in [1.29, 1.82) is 0 Å². The van der Waals surface area contributed by atoms with Crippen molar-refractivity contribution in [3.8, 4) is 11.5 Å². The van der Waals surface area contributed by atoms with E-state index in [1.807, 2.05) is 0 Å². The van der Waals surface area contributed by atoms with E-state index in [9.17, 15) is 17.6 Å². The van der Waals surface area contributed by atoms with Gasteiger partial charge >= 0.3 is 0 Å². The van der Waals surface area contributed by atoms with Crippen LogP contribution in [0.25, 0.3) is 0 Å². The summed E-state index contributed by atoms with van der Waals surface area (Å²) < 4.78 is 43.9. The van der Waals surface area contributed by atoms with Crippen LogP contribution in [0.4, 0.5) is 4.39 Å². The maximum absolute atomic E-state index is 13.9. The van der Waals surface area contributed by atoms with Gasteiger partial charge in [0, 0.05) is 10.0 Å². The number of rotatable bonds is 4. The fourth-order valence-electron chi connectivity index (χ4n) is 1.58. The normalized spacial score (nSPS) is 11.0. The monoisotopic (exact) mass is 387 g/mol.